The van der Waals surface area contributed by atoms with Crippen molar-refractivity contribution < 1.29 is 9.53 Å². The van der Waals surface area contributed by atoms with Crippen molar-refractivity contribution in [3.8, 4) is 6.07 Å². The van der Waals surface area contributed by atoms with Crippen LogP contribution in [0.4, 0.5) is 0 Å². The van der Waals surface area contributed by atoms with E-state index in [0.29, 0.717) is 12.8 Å². The third kappa shape index (κ3) is 3.97. The van der Waals surface area contributed by atoms with Gasteiger partial charge in [0.05, 0.1) is 18.2 Å². The lowest BCUT2D eigenvalue weighted by atomic mass is 9.87. The minimum absolute atomic E-state index is 0.00601. The molecule has 18 heavy (non-hydrogen) atoms. The molecule has 1 heterocycles. The molecule has 1 amide bonds. The molecule has 0 aromatic heterocycles. The Labute approximate surface area is 109 Å². The summed E-state index contributed by atoms with van der Waals surface area (Å²) >= 11 is 0. The van der Waals surface area contributed by atoms with Gasteiger partial charge in [0.15, 0.2) is 0 Å². The molecule has 0 unspecified atom stereocenters. The summed E-state index contributed by atoms with van der Waals surface area (Å²) < 4.78 is 5.32. The Morgan fingerprint density at radius 2 is 2.28 bits per heavy atom. The van der Waals surface area contributed by atoms with E-state index in [1.807, 2.05) is 0 Å². The van der Waals surface area contributed by atoms with Gasteiger partial charge in [0, 0.05) is 26.6 Å². The number of methoxy groups -OCH3 is 1. The van der Waals surface area contributed by atoms with Gasteiger partial charge in [-0.05, 0) is 18.3 Å². The molecule has 1 aliphatic heterocycles. The number of likely N-dealkylation sites (tertiary alicyclic amines) is 1. The lowest BCUT2D eigenvalue weighted by molar-refractivity contribution is -0.122. The second-order valence-corrected chi connectivity index (χ2v) is 5.76. The second-order valence-electron chi connectivity index (χ2n) is 5.76. The zero-order valence-corrected chi connectivity index (χ0v) is 11.5. The molecule has 0 bridgehead atoms. The largest absolute Gasteiger partial charge is 0.380 e. The van der Waals surface area contributed by atoms with Crippen LogP contribution in [0.1, 0.15) is 33.1 Å². The van der Waals surface area contributed by atoms with Gasteiger partial charge in [-0.3, -0.25) is 9.69 Å². The molecular formula is C13H23N3O2. The first-order chi connectivity index (χ1) is 8.39. The van der Waals surface area contributed by atoms with Gasteiger partial charge < -0.3 is 10.5 Å². The van der Waals surface area contributed by atoms with Gasteiger partial charge in [-0.1, -0.05) is 13.8 Å². The fourth-order valence-electron chi connectivity index (χ4n) is 2.53. The van der Waals surface area contributed by atoms with Crippen molar-refractivity contribution in [2.75, 3.05) is 20.2 Å². The van der Waals surface area contributed by atoms with E-state index >= 15 is 0 Å². The van der Waals surface area contributed by atoms with E-state index in [2.05, 4.69) is 24.8 Å². The van der Waals surface area contributed by atoms with E-state index in [1.54, 1.807) is 7.11 Å². The molecule has 102 valence electrons. The van der Waals surface area contributed by atoms with Crippen LogP contribution in [0, 0.1) is 16.7 Å². The van der Waals surface area contributed by atoms with Crippen molar-refractivity contribution in [1.29, 1.82) is 5.26 Å². The summed E-state index contributed by atoms with van der Waals surface area (Å²) in [5.41, 5.74) is 5.44. The van der Waals surface area contributed by atoms with E-state index in [-0.39, 0.29) is 23.5 Å². The van der Waals surface area contributed by atoms with Gasteiger partial charge in [-0.2, -0.15) is 5.26 Å². The van der Waals surface area contributed by atoms with Crippen LogP contribution in [0.3, 0.4) is 0 Å². The molecule has 0 aromatic carbocycles. The molecule has 0 aromatic rings. The first-order valence-electron chi connectivity index (χ1n) is 6.33. The number of nitrogens with zero attached hydrogens (tertiary/aromatic N) is 2. The highest BCUT2D eigenvalue weighted by molar-refractivity contribution is 5.80. The zero-order chi connectivity index (χ0) is 13.8. The van der Waals surface area contributed by atoms with Crippen LogP contribution >= 0.6 is 0 Å². The van der Waals surface area contributed by atoms with Gasteiger partial charge in [-0.25, -0.2) is 0 Å². The summed E-state index contributed by atoms with van der Waals surface area (Å²) in [6.07, 6.45) is 2.10. The van der Waals surface area contributed by atoms with Crippen molar-refractivity contribution in [1.82, 2.24) is 4.90 Å². The first-order valence-corrected chi connectivity index (χ1v) is 6.33. The number of nitrogens with two attached hydrogens (primary N) is 1. The van der Waals surface area contributed by atoms with Crippen LogP contribution < -0.4 is 5.73 Å². The summed E-state index contributed by atoms with van der Waals surface area (Å²) in [7, 11) is 1.66. The average Bonchev–Trinajstić information content (AvgIpc) is 2.69. The highest BCUT2D eigenvalue weighted by Crippen LogP contribution is 2.28. The number of rotatable bonds is 6. The minimum Gasteiger partial charge on any atom is -0.380 e. The predicted molar refractivity (Wildman–Crippen MR) is 68.6 cm³/mol. The molecule has 1 rings (SSSR count). The van der Waals surface area contributed by atoms with Gasteiger partial charge >= 0.3 is 0 Å². The van der Waals surface area contributed by atoms with Crippen molar-refractivity contribution in [3.05, 3.63) is 0 Å². The van der Waals surface area contributed by atoms with Crippen molar-refractivity contribution in [3.63, 3.8) is 0 Å². The average molecular weight is 253 g/mol. The molecule has 1 fully saturated rings. The molecule has 5 nitrogen and oxygen atoms in total. The standard InChI is InChI=1S/C13H23N3O2/c1-13(2,5-4-6-14)9-16-8-10(18-3)7-11(16)12(15)17/h10-11H,4-5,7-9H2,1-3H3,(H2,15,17)/t10-,11-/m0/s1. The summed E-state index contributed by atoms with van der Waals surface area (Å²) in [6.45, 7) is 5.73. The van der Waals surface area contributed by atoms with E-state index in [1.165, 1.54) is 0 Å². The summed E-state index contributed by atoms with van der Waals surface area (Å²) in [5.74, 6) is -0.286. The Bertz CT molecular complexity index is 336. The fraction of sp³-hybridized carbons (Fsp3) is 0.846. The predicted octanol–water partition coefficient (Wildman–Crippen LogP) is 0.891. The number of hydrogen-bond donors (Lipinski definition) is 1. The third-order valence-electron chi connectivity index (χ3n) is 3.57. The molecule has 2 N–H and O–H groups in total. The third-order valence-corrected chi connectivity index (χ3v) is 3.57. The highest BCUT2D eigenvalue weighted by Gasteiger charge is 2.38. The van der Waals surface area contributed by atoms with Gasteiger partial charge in [0.2, 0.25) is 5.91 Å². The lowest BCUT2D eigenvalue weighted by Gasteiger charge is -2.32. The van der Waals surface area contributed by atoms with Crippen LogP contribution in [-0.4, -0.2) is 43.2 Å². The Balaban J connectivity index is 2.63. The normalized spacial score (nSPS) is 25.0. The van der Waals surface area contributed by atoms with E-state index < -0.39 is 0 Å². The smallest absolute Gasteiger partial charge is 0.234 e. The number of hydrogen-bond acceptors (Lipinski definition) is 4. The van der Waals surface area contributed by atoms with Gasteiger partial charge in [0.25, 0.3) is 0 Å². The number of amides is 1. The van der Waals surface area contributed by atoms with E-state index in [0.717, 1.165) is 19.5 Å². The molecule has 0 aliphatic carbocycles. The summed E-state index contributed by atoms with van der Waals surface area (Å²) in [5, 5.41) is 8.65. The van der Waals surface area contributed by atoms with Crippen molar-refractivity contribution in [2.24, 2.45) is 11.1 Å². The monoisotopic (exact) mass is 253 g/mol. The molecule has 1 saturated heterocycles. The van der Waals surface area contributed by atoms with Gasteiger partial charge in [-0.15, -0.1) is 0 Å². The first kappa shape index (κ1) is 14.9. The number of primary amides is 1. The number of carbonyl (C=O) groups is 1. The molecule has 2 atom stereocenters. The van der Waals surface area contributed by atoms with Crippen LogP contribution in [0.15, 0.2) is 0 Å². The molecule has 0 radical (unpaired) electrons. The van der Waals surface area contributed by atoms with Gasteiger partial charge in [0.1, 0.15) is 0 Å². The van der Waals surface area contributed by atoms with Crippen molar-refractivity contribution in [2.45, 2.75) is 45.3 Å². The molecule has 0 spiro atoms. The SMILES string of the molecule is CO[C@H]1C[C@@H](C(N)=O)N(CC(C)(C)CCC#N)C1. The van der Waals surface area contributed by atoms with Crippen LogP contribution in [-0.2, 0) is 9.53 Å². The number of carbonyl (C=O) groups excluding carboxylic acids is 1. The highest BCUT2D eigenvalue weighted by atomic mass is 16.5. The van der Waals surface area contributed by atoms with Crippen molar-refractivity contribution >= 4 is 5.91 Å². The molecular weight excluding hydrogens is 230 g/mol. The minimum atomic E-state index is -0.286. The fourth-order valence-corrected chi connectivity index (χ4v) is 2.53. The lowest BCUT2D eigenvalue weighted by Crippen LogP contribution is -2.44. The molecule has 0 saturated carbocycles. The Morgan fingerprint density at radius 1 is 1.61 bits per heavy atom. The number of ether oxygens (including phenoxy) is 1. The zero-order valence-electron chi connectivity index (χ0n) is 11.5. The maximum Gasteiger partial charge on any atom is 0.234 e. The van der Waals surface area contributed by atoms with Crippen LogP contribution in [0.25, 0.3) is 0 Å². The van der Waals surface area contributed by atoms with Crippen LogP contribution in [0.2, 0.25) is 0 Å². The van der Waals surface area contributed by atoms with Crippen LogP contribution in [0.5, 0.6) is 0 Å². The molecule has 1 aliphatic rings. The summed E-state index contributed by atoms with van der Waals surface area (Å²) in [4.78, 5) is 13.5. The second kappa shape index (κ2) is 6.17. The Hall–Kier alpha value is -1.12. The summed E-state index contributed by atoms with van der Waals surface area (Å²) in [6, 6.07) is 1.93. The maximum atomic E-state index is 11.4. The molecule has 5 heteroatoms. The Morgan fingerprint density at radius 3 is 2.78 bits per heavy atom. The van der Waals surface area contributed by atoms with E-state index in [9.17, 15) is 4.79 Å². The quantitative estimate of drug-likeness (QED) is 0.762. The Kier molecular flexibility index (Phi) is 5.12. The maximum absolute atomic E-state index is 11.4. The topological polar surface area (TPSA) is 79.3 Å². The number of nitriles is 1. The van der Waals surface area contributed by atoms with E-state index in [4.69, 9.17) is 15.7 Å².